The zero-order valence-electron chi connectivity index (χ0n) is 9.54. The Labute approximate surface area is 103 Å². The predicted molar refractivity (Wildman–Crippen MR) is 63.4 cm³/mol. The van der Waals surface area contributed by atoms with Gasteiger partial charge in [0.15, 0.2) is 0 Å². The molecule has 1 aliphatic carbocycles. The molecule has 2 aromatic heterocycles. The third-order valence-electron chi connectivity index (χ3n) is 2.90. The zero-order chi connectivity index (χ0) is 12.4. The minimum absolute atomic E-state index is 0.0348. The first-order valence-corrected chi connectivity index (χ1v) is 5.71. The smallest absolute Gasteiger partial charge is 0.242 e. The summed E-state index contributed by atoms with van der Waals surface area (Å²) in [4.78, 5) is 19.7. The highest BCUT2D eigenvalue weighted by atomic mass is 16.3. The number of nitrogens with one attached hydrogen (secondary N) is 2. The molecule has 18 heavy (non-hydrogen) atoms. The van der Waals surface area contributed by atoms with Gasteiger partial charge in [-0.15, -0.1) is 0 Å². The van der Waals surface area contributed by atoms with Crippen molar-refractivity contribution < 1.29 is 9.21 Å². The number of furan rings is 1. The van der Waals surface area contributed by atoms with E-state index in [0.717, 1.165) is 12.2 Å². The fourth-order valence-electron chi connectivity index (χ4n) is 1.88. The molecule has 1 saturated carbocycles. The van der Waals surface area contributed by atoms with Gasteiger partial charge in [-0.2, -0.15) is 0 Å². The van der Waals surface area contributed by atoms with Crippen molar-refractivity contribution in [2.24, 2.45) is 5.92 Å². The average molecular weight is 244 g/mol. The normalized spacial score (nSPS) is 21.3. The van der Waals surface area contributed by atoms with Crippen LogP contribution < -0.4 is 10.9 Å². The number of hydrazine groups is 1. The second kappa shape index (κ2) is 4.48. The second-order valence-electron chi connectivity index (χ2n) is 4.15. The summed E-state index contributed by atoms with van der Waals surface area (Å²) in [5, 5.41) is 0. The number of amides is 1. The van der Waals surface area contributed by atoms with Crippen LogP contribution in [0.15, 0.2) is 41.3 Å². The van der Waals surface area contributed by atoms with E-state index in [1.807, 2.05) is 12.1 Å². The molecule has 0 bridgehead atoms. The summed E-state index contributed by atoms with van der Waals surface area (Å²) in [6, 6.07) is 5.44. The van der Waals surface area contributed by atoms with Gasteiger partial charge in [0.05, 0.1) is 12.2 Å². The highest BCUT2D eigenvalue weighted by Crippen LogP contribution is 2.47. The molecule has 1 aliphatic rings. The predicted octanol–water partition coefficient (Wildman–Crippen LogP) is 1.32. The Morgan fingerprint density at radius 3 is 2.89 bits per heavy atom. The standard InChI is InChI=1S/C12H12N4O2/c17-11(15-16-12-13-4-2-5-14-12)9-7-8(9)10-3-1-6-18-10/h1-6,8-9H,7H2,(H,15,17)(H,13,14,16). The molecule has 1 fully saturated rings. The minimum atomic E-state index is -0.0659. The molecular weight excluding hydrogens is 232 g/mol. The van der Waals surface area contributed by atoms with E-state index in [1.54, 1.807) is 24.7 Å². The maximum atomic E-state index is 11.8. The summed E-state index contributed by atoms with van der Waals surface area (Å²) in [7, 11) is 0. The first-order valence-electron chi connectivity index (χ1n) is 5.71. The Balaban J connectivity index is 1.52. The molecule has 3 rings (SSSR count). The molecule has 6 heteroatoms. The lowest BCUT2D eigenvalue weighted by molar-refractivity contribution is -0.121. The molecule has 2 aromatic rings. The Morgan fingerprint density at radius 2 is 2.17 bits per heavy atom. The molecule has 6 nitrogen and oxygen atoms in total. The zero-order valence-corrected chi connectivity index (χ0v) is 9.54. The highest BCUT2D eigenvalue weighted by molar-refractivity contribution is 5.83. The number of carbonyl (C=O) groups is 1. The van der Waals surface area contributed by atoms with Crippen LogP contribution in [0.5, 0.6) is 0 Å². The Hall–Kier alpha value is -2.37. The van der Waals surface area contributed by atoms with Crippen molar-refractivity contribution in [3.8, 4) is 0 Å². The van der Waals surface area contributed by atoms with Gasteiger partial charge in [-0.1, -0.05) is 0 Å². The Morgan fingerprint density at radius 1 is 1.33 bits per heavy atom. The van der Waals surface area contributed by atoms with E-state index in [0.29, 0.717) is 5.95 Å². The molecule has 0 radical (unpaired) electrons. The van der Waals surface area contributed by atoms with Gasteiger partial charge in [-0.3, -0.25) is 15.6 Å². The van der Waals surface area contributed by atoms with E-state index < -0.39 is 0 Å². The molecule has 92 valence electrons. The lowest BCUT2D eigenvalue weighted by Crippen LogP contribution is -2.31. The quantitative estimate of drug-likeness (QED) is 0.793. The van der Waals surface area contributed by atoms with Gasteiger partial charge in [0.1, 0.15) is 5.76 Å². The van der Waals surface area contributed by atoms with Gasteiger partial charge in [0.25, 0.3) is 0 Å². The van der Waals surface area contributed by atoms with Gasteiger partial charge >= 0.3 is 0 Å². The molecule has 2 atom stereocenters. The molecule has 0 spiro atoms. The van der Waals surface area contributed by atoms with E-state index >= 15 is 0 Å². The van der Waals surface area contributed by atoms with E-state index in [2.05, 4.69) is 20.8 Å². The number of rotatable bonds is 4. The third-order valence-corrected chi connectivity index (χ3v) is 2.90. The van der Waals surface area contributed by atoms with Gasteiger partial charge in [0.2, 0.25) is 11.9 Å². The first-order chi connectivity index (χ1) is 8.84. The van der Waals surface area contributed by atoms with Crippen molar-refractivity contribution >= 4 is 11.9 Å². The summed E-state index contributed by atoms with van der Waals surface area (Å²) in [6.07, 6.45) is 5.64. The molecule has 0 aliphatic heterocycles. The maximum absolute atomic E-state index is 11.8. The number of anilines is 1. The van der Waals surface area contributed by atoms with Gasteiger partial charge in [-0.25, -0.2) is 9.97 Å². The van der Waals surface area contributed by atoms with Crippen molar-refractivity contribution in [2.75, 3.05) is 5.43 Å². The number of hydrogen-bond donors (Lipinski definition) is 2. The third kappa shape index (κ3) is 2.17. The average Bonchev–Trinajstić information content (AvgIpc) is 3.03. The Bertz CT molecular complexity index is 526. The van der Waals surface area contributed by atoms with E-state index in [-0.39, 0.29) is 17.7 Å². The fraction of sp³-hybridized carbons (Fsp3) is 0.250. The largest absolute Gasteiger partial charge is 0.469 e. The highest BCUT2D eigenvalue weighted by Gasteiger charge is 2.45. The maximum Gasteiger partial charge on any atom is 0.242 e. The number of hydrogen-bond acceptors (Lipinski definition) is 5. The van der Waals surface area contributed by atoms with Crippen LogP contribution in [0.25, 0.3) is 0 Å². The van der Waals surface area contributed by atoms with Crippen molar-refractivity contribution in [1.29, 1.82) is 0 Å². The lowest BCUT2D eigenvalue weighted by atomic mass is 10.2. The van der Waals surface area contributed by atoms with Crippen LogP contribution in [0.2, 0.25) is 0 Å². The summed E-state index contributed by atoms with van der Waals surface area (Å²) in [5.41, 5.74) is 5.28. The van der Waals surface area contributed by atoms with Crippen LogP contribution in [0.1, 0.15) is 18.1 Å². The summed E-state index contributed by atoms with van der Waals surface area (Å²) in [5.74, 6) is 1.34. The summed E-state index contributed by atoms with van der Waals surface area (Å²) < 4.78 is 5.28. The van der Waals surface area contributed by atoms with Gasteiger partial charge in [-0.05, 0) is 24.6 Å². The fourth-order valence-corrected chi connectivity index (χ4v) is 1.88. The van der Waals surface area contributed by atoms with Crippen LogP contribution in [-0.2, 0) is 4.79 Å². The molecule has 1 amide bonds. The molecule has 2 unspecified atom stereocenters. The number of aromatic nitrogens is 2. The van der Waals surface area contributed by atoms with Crippen LogP contribution in [0.3, 0.4) is 0 Å². The number of carbonyl (C=O) groups excluding carboxylic acids is 1. The van der Waals surface area contributed by atoms with Crippen LogP contribution in [-0.4, -0.2) is 15.9 Å². The van der Waals surface area contributed by atoms with Crippen LogP contribution in [0.4, 0.5) is 5.95 Å². The van der Waals surface area contributed by atoms with E-state index in [4.69, 9.17) is 4.42 Å². The van der Waals surface area contributed by atoms with Crippen LogP contribution in [0, 0.1) is 5.92 Å². The van der Waals surface area contributed by atoms with Crippen molar-refractivity contribution in [3.63, 3.8) is 0 Å². The van der Waals surface area contributed by atoms with Gasteiger partial charge in [0, 0.05) is 18.3 Å². The molecule has 0 saturated heterocycles. The first kappa shape index (κ1) is 10.8. The molecular formula is C12H12N4O2. The van der Waals surface area contributed by atoms with Crippen molar-refractivity contribution in [2.45, 2.75) is 12.3 Å². The molecule has 2 N–H and O–H groups in total. The SMILES string of the molecule is O=C(NNc1ncccn1)C1CC1c1ccco1. The number of nitrogens with zero attached hydrogens (tertiary/aromatic N) is 2. The Kier molecular flexibility index (Phi) is 2.68. The van der Waals surface area contributed by atoms with Crippen molar-refractivity contribution in [3.05, 3.63) is 42.6 Å². The summed E-state index contributed by atoms with van der Waals surface area (Å²) >= 11 is 0. The monoisotopic (exact) mass is 244 g/mol. The lowest BCUT2D eigenvalue weighted by Gasteiger charge is -2.05. The van der Waals surface area contributed by atoms with Crippen molar-refractivity contribution in [1.82, 2.24) is 15.4 Å². The van der Waals surface area contributed by atoms with E-state index in [1.165, 1.54) is 0 Å². The molecule has 2 heterocycles. The topological polar surface area (TPSA) is 80.0 Å². The summed E-state index contributed by atoms with van der Waals surface area (Å²) in [6.45, 7) is 0. The molecule has 0 aromatic carbocycles. The second-order valence-corrected chi connectivity index (χ2v) is 4.15. The van der Waals surface area contributed by atoms with Crippen LogP contribution >= 0.6 is 0 Å². The van der Waals surface area contributed by atoms with E-state index in [9.17, 15) is 4.79 Å². The van der Waals surface area contributed by atoms with Gasteiger partial charge < -0.3 is 4.42 Å². The minimum Gasteiger partial charge on any atom is -0.469 e.